The lowest BCUT2D eigenvalue weighted by Gasteiger charge is -2.10. The molecule has 0 aliphatic carbocycles. The highest BCUT2D eigenvalue weighted by Gasteiger charge is 2.14. The highest BCUT2D eigenvalue weighted by molar-refractivity contribution is 9.10. The van der Waals surface area contributed by atoms with Crippen molar-refractivity contribution in [2.45, 2.75) is 25.6 Å². The van der Waals surface area contributed by atoms with Crippen LogP contribution in [0.15, 0.2) is 40.0 Å². The first kappa shape index (κ1) is 22.9. The molecule has 0 saturated carbocycles. The molecule has 3 rings (SSSR count). The minimum Gasteiger partial charge on any atom is -0.484 e. The van der Waals surface area contributed by atoms with E-state index in [0.717, 1.165) is 21.3 Å². The fourth-order valence-corrected chi connectivity index (χ4v) is 4.27. The zero-order valence-electron chi connectivity index (χ0n) is 16.5. The van der Waals surface area contributed by atoms with Crippen LogP contribution in [0.1, 0.15) is 17.0 Å². The SMILES string of the molecule is Cc1cc(Br)c(NC(=O)CSc2nnc(COc3ccc(Cl)cc3Cl)n2C)cc1C. The molecule has 158 valence electrons. The molecule has 0 aliphatic heterocycles. The van der Waals surface area contributed by atoms with Gasteiger partial charge >= 0.3 is 0 Å². The van der Waals surface area contributed by atoms with Gasteiger partial charge in [0.15, 0.2) is 11.0 Å². The molecule has 0 aliphatic rings. The number of ether oxygens (including phenoxy) is 1. The number of nitrogens with one attached hydrogen (secondary N) is 1. The van der Waals surface area contributed by atoms with Gasteiger partial charge in [0, 0.05) is 16.5 Å². The molecular weight excluding hydrogens is 511 g/mol. The number of halogens is 3. The Morgan fingerprint density at radius 3 is 2.67 bits per heavy atom. The summed E-state index contributed by atoms with van der Waals surface area (Å²) >= 11 is 16.8. The van der Waals surface area contributed by atoms with Gasteiger partial charge in [0.25, 0.3) is 0 Å². The quantitative estimate of drug-likeness (QED) is 0.391. The van der Waals surface area contributed by atoms with Crippen molar-refractivity contribution in [1.29, 1.82) is 0 Å². The number of rotatable bonds is 7. The van der Waals surface area contributed by atoms with E-state index in [2.05, 4.69) is 31.4 Å². The first-order valence-electron chi connectivity index (χ1n) is 8.90. The Labute approximate surface area is 197 Å². The number of carbonyl (C=O) groups is 1. The summed E-state index contributed by atoms with van der Waals surface area (Å²) in [6.07, 6.45) is 0. The second-order valence-electron chi connectivity index (χ2n) is 6.57. The van der Waals surface area contributed by atoms with Crippen LogP contribution in [0.3, 0.4) is 0 Å². The summed E-state index contributed by atoms with van der Waals surface area (Å²) in [5.74, 6) is 1.20. The first-order valence-corrected chi connectivity index (χ1v) is 11.4. The molecule has 0 fully saturated rings. The number of aryl methyl sites for hydroxylation is 2. The minimum absolute atomic E-state index is 0.127. The number of aromatic nitrogens is 3. The van der Waals surface area contributed by atoms with Gasteiger partial charge in [-0.2, -0.15) is 0 Å². The third kappa shape index (κ3) is 5.69. The number of carbonyl (C=O) groups excluding carboxylic acids is 1. The number of hydrogen-bond acceptors (Lipinski definition) is 5. The minimum atomic E-state index is -0.127. The topological polar surface area (TPSA) is 69.0 Å². The lowest BCUT2D eigenvalue weighted by Crippen LogP contribution is -2.15. The molecule has 3 aromatic rings. The van der Waals surface area contributed by atoms with E-state index < -0.39 is 0 Å². The maximum atomic E-state index is 12.4. The molecule has 0 saturated heterocycles. The van der Waals surface area contributed by atoms with Gasteiger partial charge in [-0.05, 0) is 71.2 Å². The molecule has 1 amide bonds. The van der Waals surface area contributed by atoms with Crippen molar-refractivity contribution < 1.29 is 9.53 Å². The lowest BCUT2D eigenvalue weighted by atomic mass is 10.1. The van der Waals surface area contributed by atoms with Crippen molar-refractivity contribution in [3.63, 3.8) is 0 Å². The van der Waals surface area contributed by atoms with Crippen molar-refractivity contribution in [3.8, 4) is 5.75 Å². The van der Waals surface area contributed by atoms with Gasteiger partial charge in [-0.3, -0.25) is 4.79 Å². The van der Waals surface area contributed by atoms with Crippen LogP contribution in [0.5, 0.6) is 5.75 Å². The van der Waals surface area contributed by atoms with Crippen LogP contribution in [-0.4, -0.2) is 26.4 Å². The molecule has 0 unspecified atom stereocenters. The summed E-state index contributed by atoms with van der Waals surface area (Å²) < 4.78 is 8.34. The third-order valence-electron chi connectivity index (χ3n) is 4.37. The zero-order chi connectivity index (χ0) is 21.8. The predicted molar refractivity (Wildman–Crippen MR) is 125 cm³/mol. The molecule has 1 heterocycles. The lowest BCUT2D eigenvalue weighted by molar-refractivity contribution is -0.113. The maximum Gasteiger partial charge on any atom is 0.234 e. The normalized spacial score (nSPS) is 10.9. The summed E-state index contributed by atoms with van der Waals surface area (Å²) in [5, 5.41) is 12.8. The van der Waals surface area contributed by atoms with Gasteiger partial charge in [-0.25, -0.2) is 0 Å². The Kier molecular flexibility index (Phi) is 7.68. The van der Waals surface area contributed by atoms with E-state index in [1.54, 1.807) is 22.8 Å². The Balaban J connectivity index is 1.57. The van der Waals surface area contributed by atoms with Crippen LogP contribution in [-0.2, 0) is 18.4 Å². The first-order chi connectivity index (χ1) is 14.2. The van der Waals surface area contributed by atoms with Gasteiger partial charge < -0.3 is 14.6 Å². The number of hydrogen-bond donors (Lipinski definition) is 1. The fourth-order valence-electron chi connectivity index (χ4n) is 2.52. The van der Waals surface area contributed by atoms with E-state index in [1.165, 1.54) is 11.8 Å². The van der Waals surface area contributed by atoms with Crippen LogP contribution in [0.25, 0.3) is 0 Å². The number of amides is 1. The molecule has 10 heteroatoms. The van der Waals surface area contributed by atoms with Gasteiger partial charge in [-0.1, -0.05) is 35.0 Å². The van der Waals surface area contributed by atoms with Gasteiger partial charge in [0.1, 0.15) is 12.4 Å². The van der Waals surface area contributed by atoms with E-state index in [1.807, 2.05) is 33.0 Å². The standard InChI is InChI=1S/C20H19BrCl2N4O2S/c1-11-6-14(21)16(7-12(11)2)24-19(28)10-30-20-26-25-18(27(20)3)9-29-17-5-4-13(22)8-15(17)23/h4-8H,9-10H2,1-3H3,(H,24,28). The third-order valence-corrected chi connectivity index (χ3v) is 6.57. The van der Waals surface area contributed by atoms with Crippen molar-refractivity contribution in [1.82, 2.24) is 14.8 Å². The van der Waals surface area contributed by atoms with Crippen molar-refractivity contribution in [2.24, 2.45) is 7.05 Å². The van der Waals surface area contributed by atoms with Crippen LogP contribution < -0.4 is 10.1 Å². The van der Waals surface area contributed by atoms with Crippen LogP contribution in [0.4, 0.5) is 5.69 Å². The van der Waals surface area contributed by atoms with Crippen LogP contribution in [0, 0.1) is 13.8 Å². The Morgan fingerprint density at radius 2 is 1.93 bits per heavy atom. The van der Waals surface area contributed by atoms with E-state index in [-0.39, 0.29) is 18.3 Å². The summed E-state index contributed by atoms with van der Waals surface area (Å²) in [5.41, 5.74) is 3.01. The second kappa shape index (κ2) is 10.0. The highest BCUT2D eigenvalue weighted by atomic mass is 79.9. The van der Waals surface area contributed by atoms with E-state index in [4.69, 9.17) is 27.9 Å². The summed E-state index contributed by atoms with van der Waals surface area (Å²) in [7, 11) is 1.82. The molecule has 2 aromatic carbocycles. The monoisotopic (exact) mass is 528 g/mol. The van der Waals surface area contributed by atoms with Gasteiger partial charge in [0.2, 0.25) is 5.91 Å². The molecule has 1 N–H and O–H groups in total. The van der Waals surface area contributed by atoms with Crippen LogP contribution in [0.2, 0.25) is 10.0 Å². The van der Waals surface area contributed by atoms with Crippen LogP contribution >= 0.6 is 50.9 Å². The maximum absolute atomic E-state index is 12.4. The van der Waals surface area contributed by atoms with Crippen molar-refractivity contribution in [2.75, 3.05) is 11.1 Å². The largest absolute Gasteiger partial charge is 0.484 e. The van der Waals surface area contributed by atoms with Gasteiger partial charge in [-0.15, -0.1) is 10.2 Å². The molecule has 0 spiro atoms. The van der Waals surface area contributed by atoms with Gasteiger partial charge in [0.05, 0.1) is 16.5 Å². The Hall–Kier alpha value is -1.74. The molecule has 0 bridgehead atoms. The average molecular weight is 530 g/mol. The summed E-state index contributed by atoms with van der Waals surface area (Å²) in [6.45, 7) is 4.22. The van der Waals surface area contributed by atoms with E-state index in [0.29, 0.717) is 26.8 Å². The molecule has 0 atom stereocenters. The number of nitrogens with zero attached hydrogens (tertiary/aromatic N) is 3. The fraction of sp³-hybridized carbons (Fsp3) is 0.250. The predicted octanol–water partition coefficient (Wildman–Crippen LogP) is 5.81. The molecule has 6 nitrogen and oxygen atoms in total. The molecule has 0 radical (unpaired) electrons. The average Bonchev–Trinajstić information content (AvgIpc) is 3.03. The zero-order valence-corrected chi connectivity index (χ0v) is 20.4. The molecular formula is C20H19BrCl2N4O2S. The van der Waals surface area contributed by atoms with Crippen molar-refractivity contribution >= 4 is 62.5 Å². The summed E-state index contributed by atoms with van der Waals surface area (Å²) in [6, 6.07) is 8.95. The number of thioether (sulfide) groups is 1. The summed E-state index contributed by atoms with van der Waals surface area (Å²) in [4.78, 5) is 12.4. The van der Waals surface area contributed by atoms with Crippen molar-refractivity contribution in [3.05, 3.63) is 61.8 Å². The number of anilines is 1. The Morgan fingerprint density at radius 1 is 1.20 bits per heavy atom. The molecule has 1 aromatic heterocycles. The van der Waals surface area contributed by atoms with E-state index >= 15 is 0 Å². The second-order valence-corrected chi connectivity index (χ2v) is 9.21. The highest BCUT2D eigenvalue weighted by Crippen LogP contribution is 2.29. The smallest absolute Gasteiger partial charge is 0.234 e. The van der Waals surface area contributed by atoms with E-state index in [9.17, 15) is 4.79 Å². The number of benzene rings is 2. The Bertz CT molecular complexity index is 1090. The molecule has 30 heavy (non-hydrogen) atoms.